The van der Waals surface area contributed by atoms with Crippen molar-refractivity contribution in [3.05, 3.63) is 0 Å². The van der Waals surface area contributed by atoms with Crippen LogP contribution >= 0.6 is 11.6 Å². The average molecular weight is 173 g/mol. The van der Waals surface area contributed by atoms with Gasteiger partial charge < -0.3 is 5.11 Å². The van der Waals surface area contributed by atoms with Gasteiger partial charge in [0.15, 0.2) is 9.84 Å². The Morgan fingerprint density at radius 3 is 2.22 bits per heavy atom. The van der Waals surface area contributed by atoms with Gasteiger partial charge in [-0.3, -0.25) is 0 Å². The third-order valence-corrected chi connectivity index (χ3v) is 2.83. The fourth-order valence-electron chi connectivity index (χ4n) is 0.359. The van der Waals surface area contributed by atoms with Crippen LogP contribution in [0, 0.1) is 0 Å². The van der Waals surface area contributed by atoms with Crippen LogP contribution in [0.2, 0.25) is 0 Å². The van der Waals surface area contributed by atoms with Gasteiger partial charge in [-0.2, -0.15) is 0 Å². The first-order valence-corrected chi connectivity index (χ1v) is 4.85. The second-order valence-electron chi connectivity index (χ2n) is 1.56. The summed E-state index contributed by atoms with van der Waals surface area (Å²) in [5.41, 5.74) is 0. The Morgan fingerprint density at radius 2 is 1.89 bits per heavy atom. The summed E-state index contributed by atoms with van der Waals surface area (Å²) in [7, 11) is -3.06. The van der Waals surface area contributed by atoms with Crippen molar-refractivity contribution in [2.24, 2.45) is 0 Å². The molecule has 0 atom stereocenters. The molecule has 0 unspecified atom stereocenters. The summed E-state index contributed by atoms with van der Waals surface area (Å²) in [5, 5.41) is 8.21. The highest BCUT2D eigenvalue weighted by atomic mass is 35.5. The Kier molecular flexibility index (Phi) is 4.18. The lowest BCUT2D eigenvalue weighted by Gasteiger charge is -1.95. The van der Waals surface area contributed by atoms with Gasteiger partial charge in [-0.1, -0.05) is 0 Å². The van der Waals surface area contributed by atoms with Crippen LogP contribution < -0.4 is 0 Å². The minimum Gasteiger partial charge on any atom is -0.395 e. The summed E-state index contributed by atoms with van der Waals surface area (Å²) >= 11 is 5.16. The largest absolute Gasteiger partial charge is 0.395 e. The molecule has 9 heavy (non-hydrogen) atoms. The molecule has 5 heteroatoms. The molecule has 0 aromatic carbocycles. The van der Waals surface area contributed by atoms with E-state index >= 15 is 0 Å². The van der Waals surface area contributed by atoms with Crippen molar-refractivity contribution in [3.63, 3.8) is 0 Å². The van der Waals surface area contributed by atoms with Gasteiger partial charge in [0.2, 0.25) is 0 Å². The summed E-state index contributed by atoms with van der Waals surface area (Å²) in [6, 6.07) is 0. The van der Waals surface area contributed by atoms with Crippen LogP contribution in [0.25, 0.3) is 0 Å². The zero-order chi connectivity index (χ0) is 7.33. The Bertz CT molecular complexity index is 139. The molecule has 0 aliphatic carbocycles. The quantitative estimate of drug-likeness (QED) is 0.589. The predicted octanol–water partition coefficient (Wildman–Crippen LogP) is -0.368. The molecule has 1 N–H and O–H groups in total. The zero-order valence-corrected chi connectivity index (χ0v) is 6.45. The van der Waals surface area contributed by atoms with E-state index in [9.17, 15) is 8.42 Å². The topological polar surface area (TPSA) is 54.4 Å². The Hall–Kier alpha value is 0.200. The number of hydrogen-bond donors (Lipinski definition) is 1. The molecule has 3 nitrogen and oxygen atoms in total. The molecule has 0 saturated heterocycles. The van der Waals surface area contributed by atoms with Gasteiger partial charge in [0.05, 0.1) is 18.1 Å². The number of sulfone groups is 1. The van der Waals surface area contributed by atoms with Gasteiger partial charge >= 0.3 is 0 Å². The molecule has 0 bridgehead atoms. The first kappa shape index (κ1) is 9.20. The summed E-state index contributed by atoms with van der Waals surface area (Å²) in [4.78, 5) is 0. The van der Waals surface area contributed by atoms with Crippen LogP contribution in [0.5, 0.6) is 0 Å². The van der Waals surface area contributed by atoms with Gasteiger partial charge in [-0.25, -0.2) is 8.42 Å². The molecular weight excluding hydrogens is 164 g/mol. The maximum absolute atomic E-state index is 10.6. The highest BCUT2D eigenvalue weighted by Crippen LogP contribution is 1.89. The first-order valence-electron chi connectivity index (χ1n) is 2.49. The number of alkyl halides is 1. The maximum Gasteiger partial charge on any atom is 0.153 e. The fourth-order valence-corrected chi connectivity index (χ4v) is 1.78. The van der Waals surface area contributed by atoms with Crippen LogP contribution in [-0.2, 0) is 9.84 Å². The molecule has 56 valence electrons. The van der Waals surface area contributed by atoms with E-state index in [4.69, 9.17) is 16.7 Å². The van der Waals surface area contributed by atoms with E-state index in [0.717, 1.165) is 0 Å². The van der Waals surface area contributed by atoms with E-state index in [2.05, 4.69) is 0 Å². The van der Waals surface area contributed by atoms with Crippen LogP contribution in [-0.4, -0.2) is 37.5 Å². The van der Waals surface area contributed by atoms with E-state index in [1.165, 1.54) is 0 Å². The van der Waals surface area contributed by atoms with Crippen LogP contribution in [0.4, 0.5) is 0 Å². The second-order valence-corrected chi connectivity index (χ2v) is 4.25. The third-order valence-electron chi connectivity index (χ3n) is 0.790. The normalized spacial score (nSPS) is 11.8. The van der Waals surface area contributed by atoms with E-state index in [1.807, 2.05) is 0 Å². The Balaban J connectivity index is 3.73. The van der Waals surface area contributed by atoms with Crippen molar-refractivity contribution < 1.29 is 13.5 Å². The third kappa shape index (κ3) is 4.69. The number of hydrogen-bond acceptors (Lipinski definition) is 3. The average Bonchev–Trinajstić information content (AvgIpc) is 1.64. The molecule has 0 aromatic heterocycles. The molecule has 0 heterocycles. The zero-order valence-electron chi connectivity index (χ0n) is 4.88. The smallest absolute Gasteiger partial charge is 0.153 e. The second kappa shape index (κ2) is 4.09. The minimum atomic E-state index is -3.06. The number of rotatable bonds is 4. The molecule has 0 fully saturated rings. The Labute approximate surface area is 59.6 Å². The van der Waals surface area contributed by atoms with Crippen LogP contribution in [0.3, 0.4) is 0 Å². The summed E-state index contributed by atoms with van der Waals surface area (Å²) in [6.07, 6.45) is 0. The lowest BCUT2D eigenvalue weighted by molar-refractivity contribution is 0.319. The van der Waals surface area contributed by atoms with Gasteiger partial charge in [0.1, 0.15) is 0 Å². The molecule has 0 saturated carbocycles. The fraction of sp³-hybridized carbons (Fsp3) is 1.00. The van der Waals surface area contributed by atoms with E-state index in [0.29, 0.717) is 0 Å². The van der Waals surface area contributed by atoms with Crippen LogP contribution in [0.1, 0.15) is 0 Å². The SMILES string of the molecule is O=S(=O)(CCO)CCCl. The number of aliphatic hydroxyl groups is 1. The molecule has 0 amide bonds. The van der Waals surface area contributed by atoms with E-state index in [-0.39, 0.29) is 24.0 Å². The van der Waals surface area contributed by atoms with Crippen molar-refractivity contribution in [2.75, 3.05) is 24.0 Å². The monoisotopic (exact) mass is 172 g/mol. The predicted molar refractivity (Wildman–Crippen MR) is 36.5 cm³/mol. The molecule has 0 aliphatic heterocycles. The summed E-state index contributed by atoms with van der Waals surface area (Å²) in [5.74, 6) is -0.128. The summed E-state index contributed by atoms with van der Waals surface area (Å²) in [6.45, 7) is -0.320. The molecular formula is C4H9ClO3S. The molecule has 0 aromatic rings. The lowest BCUT2D eigenvalue weighted by atomic mass is 10.9. The maximum atomic E-state index is 10.6. The lowest BCUT2D eigenvalue weighted by Crippen LogP contribution is -2.14. The highest BCUT2D eigenvalue weighted by molar-refractivity contribution is 7.91. The van der Waals surface area contributed by atoms with Gasteiger partial charge in [-0.15, -0.1) is 11.6 Å². The minimum absolute atomic E-state index is 0.0465. The number of aliphatic hydroxyl groups excluding tert-OH is 1. The number of halogens is 1. The molecule has 0 rings (SSSR count). The van der Waals surface area contributed by atoms with E-state index < -0.39 is 9.84 Å². The van der Waals surface area contributed by atoms with Crippen molar-refractivity contribution >= 4 is 21.4 Å². The van der Waals surface area contributed by atoms with Gasteiger partial charge in [-0.05, 0) is 0 Å². The first-order chi connectivity index (χ1) is 4.12. The molecule has 0 spiro atoms. The van der Waals surface area contributed by atoms with Gasteiger partial charge in [0, 0.05) is 5.88 Å². The molecule has 0 radical (unpaired) electrons. The summed E-state index contributed by atoms with van der Waals surface area (Å²) < 4.78 is 21.2. The van der Waals surface area contributed by atoms with Crippen molar-refractivity contribution in [2.45, 2.75) is 0 Å². The van der Waals surface area contributed by atoms with Crippen molar-refractivity contribution in [1.82, 2.24) is 0 Å². The van der Waals surface area contributed by atoms with Crippen molar-refractivity contribution in [3.8, 4) is 0 Å². The Morgan fingerprint density at radius 1 is 1.33 bits per heavy atom. The van der Waals surface area contributed by atoms with Crippen molar-refractivity contribution in [1.29, 1.82) is 0 Å². The van der Waals surface area contributed by atoms with Crippen LogP contribution in [0.15, 0.2) is 0 Å². The standard InChI is InChI=1S/C4H9ClO3S/c5-1-3-9(7,8)4-2-6/h6H,1-4H2. The van der Waals surface area contributed by atoms with E-state index in [1.54, 1.807) is 0 Å². The molecule has 0 aliphatic rings. The highest BCUT2D eigenvalue weighted by Gasteiger charge is 2.06. The van der Waals surface area contributed by atoms with Gasteiger partial charge in [0.25, 0.3) is 0 Å².